The Labute approximate surface area is 142 Å². The molecule has 0 saturated carbocycles. The van der Waals surface area contributed by atoms with Gasteiger partial charge in [0.1, 0.15) is 6.10 Å². The monoisotopic (exact) mass is 330 g/mol. The van der Waals surface area contributed by atoms with Gasteiger partial charge in [-0.1, -0.05) is 18.2 Å². The van der Waals surface area contributed by atoms with Gasteiger partial charge in [0.05, 0.1) is 18.8 Å². The Balaban J connectivity index is 1.81. The van der Waals surface area contributed by atoms with Crippen molar-refractivity contribution < 1.29 is 9.13 Å². The standard InChI is InChI=1S/C18H23FN4O/c1-13-7-6-10-21-16(13)12-23-18(20-3)22-11-14(2)24-17-9-5-4-8-15(17)19/h4-10,14H,11-12H2,1-3H3,(H2,20,22,23). The van der Waals surface area contributed by atoms with E-state index in [1.807, 2.05) is 26.0 Å². The number of aliphatic imine (C=N–C) groups is 1. The second-order valence-corrected chi connectivity index (χ2v) is 5.43. The fourth-order valence-electron chi connectivity index (χ4n) is 2.13. The van der Waals surface area contributed by atoms with E-state index in [0.717, 1.165) is 11.3 Å². The van der Waals surface area contributed by atoms with Crippen molar-refractivity contribution in [1.29, 1.82) is 0 Å². The van der Waals surface area contributed by atoms with E-state index in [2.05, 4.69) is 20.6 Å². The van der Waals surface area contributed by atoms with Gasteiger partial charge in [0.25, 0.3) is 0 Å². The van der Waals surface area contributed by atoms with E-state index >= 15 is 0 Å². The molecule has 128 valence electrons. The molecule has 1 heterocycles. The minimum Gasteiger partial charge on any atom is -0.486 e. The number of pyridine rings is 1. The number of aryl methyl sites for hydroxylation is 1. The maximum absolute atomic E-state index is 13.6. The van der Waals surface area contributed by atoms with Crippen LogP contribution in [-0.4, -0.2) is 30.6 Å². The zero-order valence-corrected chi connectivity index (χ0v) is 14.2. The molecule has 6 heteroatoms. The van der Waals surface area contributed by atoms with Gasteiger partial charge in [-0.25, -0.2) is 4.39 Å². The lowest BCUT2D eigenvalue weighted by Crippen LogP contribution is -2.41. The van der Waals surface area contributed by atoms with Gasteiger partial charge in [-0.2, -0.15) is 0 Å². The largest absolute Gasteiger partial charge is 0.486 e. The number of aromatic nitrogens is 1. The number of guanidine groups is 1. The molecule has 1 aromatic heterocycles. The molecule has 0 aliphatic carbocycles. The third-order valence-electron chi connectivity index (χ3n) is 3.49. The molecule has 0 bridgehead atoms. The average molecular weight is 330 g/mol. The van der Waals surface area contributed by atoms with E-state index < -0.39 is 0 Å². The second kappa shape index (κ2) is 8.86. The summed E-state index contributed by atoms with van der Waals surface area (Å²) in [5, 5.41) is 6.37. The molecule has 0 aliphatic rings. The predicted molar refractivity (Wildman–Crippen MR) is 93.7 cm³/mol. The van der Waals surface area contributed by atoms with Crippen LogP contribution in [0.3, 0.4) is 0 Å². The third kappa shape index (κ3) is 5.22. The quantitative estimate of drug-likeness (QED) is 0.631. The van der Waals surface area contributed by atoms with Crippen LogP contribution in [0.1, 0.15) is 18.2 Å². The van der Waals surface area contributed by atoms with Crippen LogP contribution in [-0.2, 0) is 6.54 Å². The van der Waals surface area contributed by atoms with E-state index in [-0.39, 0.29) is 17.7 Å². The van der Waals surface area contributed by atoms with Crippen molar-refractivity contribution in [2.45, 2.75) is 26.5 Å². The van der Waals surface area contributed by atoms with Crippen LogP contribution in [0.15, 0.2) is 47.6 Å². The molecule has 24 heavy (non-hydrogen) atoms. The van der Waals surface area contributed by atoms with Gasteiger partial charge in [-0.05, 0) is 37.6 Å². The Morgan fingerprint density at radius 2 is 2.04 bits per heavy atom. The summed E-state index contributed by atoms with van der Waals surface area (Å²) < 4.78 is 19.2. The first-order valence-corrected chi connectivity index (χ1v) is 7.86. The zero-order chi connectivity index (χ0) is 17.4. The van der Waals surface area contributed by atoms with Crippen LogP contribution in [0, 0.1) is 12.7 Å². The van der Waals surface area contributed by atoms with Gasteiger partial charge in [0.2, 0.25) is 0 Å². The Morgan fingerprint density at radius 1 is 1.25 bits per heavy atom. The molecule has 0 spiro atoms. The average Bonchev–Trinajstić information content (AvgIpc) is 2.58. The maximum Gasteiger partial charge on any atom is 0.191 e. The van der Waals surface area contributed by atoms with E-state index in [0.29, 0.717) is 19.0 Å². The number of para-hydroxylation sites is 1. The fraction of sp³-hybridized carbons (Fsp3) is 0.333. The van der Waals surface area contributed by atoms with Crippen LogP contribution < -0.4 is 15.4 Å². The summed E-state index contributed by atoms with van der Waals surface area (Å²) in [6.07, 6.45) is 1.56. The number of hydrogen-bond acceptors (Lipinski definition) is 3. The first kappa shape index (κ1) is 17.7. The summed E-state index contributed by atoms with van der Waals surface area (Å²) in [5.74, 6) is 0.528. The summed E-state index contributed by atoms with van der Waals surface area (Å²) in [7, 11) is 1.70. The van der Waals surface area contributed by atoms with E-state index in [1.54, 1.807) is 31.4 Å². The van der Waals surface area contributed by atoms with Gasteiger partial charge in [0, 0.05) is 13.2 Å². The molecule has 2 aromatic rings. The van der Waals surface area contributed by atoms with E-state index in [9.17, 15) is 4.39 Å². The lowest BCUT2D eigenvalue weighted by atomic mass is 10.2. The summed E-state index contributed by atoms with van der Waals surface area (Å²) in [6.45, 7) is 4.96. The van der Waals surface area contributed by atoms with Crippen molar-refractivity contribution in [2.75, 3.05) is 13.6 Å². The van der Waals surface area contributed by atoms with Crippen molar-refractivity contribution in [1.82, 2.24) is 15.6 Å². The van der Waals surface area contributed by atoms with Crippen LogP contribution >= 0.6 is 0 Å². The van der Waals surface area contributed by atoms with Gasteiger partial charge in [-0.15, -0.1) is 0 Å². The molecular weight excluding hydrogens is 307 g/mol. The minimum absolute atomic E-state index is 0.211. The Morgan fingerprint density at radius 3 is 2.75 bits per heavy atom. The molecule has 2 N–H and O–H groups in total. The smallest absolute Gasteiger partial charge is 0.191 e. The first-order valence-electron chi connectivity index (χ1n) is 7.86. The number of ether oxygens (including phenoxy) is 1. The summed E-state index contributed by atoms with van der Waals surface area (Å²) in [4.78, 5) is 8.50. The van der Waals surface area contributed by atoms with Crippen molar-refractivity contribution in [3.05, 3.63) is 59.7 Å². The number of halogens is 1. The molecule has 0 amide bonds. The summed E-state index contributed by atoms with van der Waals surface area (Å²) in [6, 6.07) is 10.3. The maximum atomic E-state index is 13.6. The van der Waals surface area contributed by atoms with Crippen molar-refractivity contribution in [2.24, 2.45) is 4.99 Å². The van der Waals surface area contributed by atoms with Gasteiger partial charge in [-0.3, -0.25) is 9.98 Å². The highest BCUT2D eigenvalue weighted by atomic mass is 19.1. The van der Waals surface area contributed by atoms with Crippen LogP contribution in [0.2, 0.25) is 0 Å². The topological polar surface area (TPSA) is 58.5 Å². The third-order valence-corrected chi connectivity index (χ3v) is 3.49. The number of hydrogen-bond donors (Lipinski definition) is 2. The van der Waals surface area contributed by atoms with Gasteiger partial charge >= 0.3 is 0 Å². The number of nitrogens with one attached hydrogen (secondary N) is 2. The zero-order valence-electron chi connectivity index (χ0n) is 14.2. The first-order chi connectivity index (χ1) is 11.6. The van der Waals surface area contributed by atoms with Gasteiger partial charge in [0.15, 0.2) is 17.5 Å². The van der Waals surface area contributed by atoms with Crippen molar-refractivity contribution in [3.8, 4) is 5.75 Å². The predicted octanol–water partition coefficient (Wildman–Crippen LogP) is 2.66. The Kier molecular flexibility index (Phi) is 6.54. The molecule has 0 saturated heterocycles. The normalized spacial score (nSPS) is 12.6. The minimum atomic E-state index is -0.363. The summed E-state index contributed by atoms with van der Waals surface area (Å²) in [5.41, 5.74) is 2.09. The van der Waals surface area contributed by atoms with Crippen molar-refractivity contribution >= 4 is 5.96 Å². The van der Waals surface area contributed by atoms with Crippen molar-refractivity contribution in [3.63, 3.8) is 0 Å². The van der Waals surface area contributed by atoms with Crippen LogP contribution in [0.5, 0.6) is 5.75 Å². The van der Waals surface area contributed by atoms with Gasteiger partial charge < -0.3 is 15.4 Å². The molecule has 1 atom stereocenters. The SMILES string of the molecule is CN=C(NCc1ncccc1C)NCC(C)Oc1ccccc1F. The fourth-order valence-corrected chi connectivity index (χ4v) is 2.13. The molecule has 0 fully saturated rings. The van der Waals surface area contributed by atoms with Crippen LogP contribution in [0.25, 0.3) is 0 Å². The second-order valence-electron chi connectivity index (χ2n) is 5.43. The van der Waals surface area contributed by atoms with Crippen LogP contribution in [0.4, 0.5) is 4.39 Å². The molecule has 2 rings (SSSR count). The Bertz CT molecular complexity index is 690. The molecule has 1 unspecified atom stereocenters. The number of nitrogens with zero attached hydrogens (tertiary/aromatic N) is 2. The summed E-state index contributed by atoms with van der Waals surface area (Å²) >= 11 is 0. The molecule has 0 radical (unpaired) electrons. The van der Waals surface area contributed by atoms with E-state index in [1.165, 1.54) is 6.07 Å². The molecule has 0 aliphatic heterocycles. The number of benzene rings is 1. The molecule has 1 aromatic carbocycles. The highest BCUT2D eigenvalue weighted by Gasteiger charge is 2.09. The molecular formula is C18H23FN4O. The Hall–Kier alpha value is -2.63. The lowest BCUT2D eigenvalue weighted by Gasteiger charge is -2.18. The highest BCUT2D eigenvalue weighted by molar-refractivity contribution is 5.79. The van der Waals surface area contributed by atoms with E-state index in [4.69, 9.17) is 4.74 Å². The highest BCUT2D eigenvalue weighted by Crippen LogP contribution is 2.16. The lowest BCUT2D eigenvalue weighted by molar-refractivity contribution is 0.214. The number of rotatable bonds is 6. The molecule has 5 nitrogen and oxygen atoms in total.